The molecule has 5 nitrogen and oxygen atoms in total. The summed E-state index contributed by atoms with van der Waals surface area (Å²) in [7, 11) is 1.99. The fraction of sp³-hybridized carbons (Fsp3) is 0.417. The van der Waals surface area contributed by atoms with Gasteiger partial charge in [-0.2, -0.15) is 0 Å². The van der Waals surface area contributed by atoms with Crippen LogP contribution in [-0.4, -0.2) is 20.1 Å². The molecule has 0 bridgehead atoms. The third-order valence-corrected chi connectivity index (χ3v) is 3.77. The van der Waals surface area contributed by atoms with Gasteiger partial charge in [-0.25, -0.2) is 0 Å². The first kappa shape index (κ1) is 12.8. The van der Waals surface area contributed by atoms with Gasteiger partial charge >= 0.3 is 0 Å². The number of carbonyl (C=O) groups is 1. The predicted molar refractivity (Wildman–Crippen MR) is 70.6 cm³/mol. The lowest BCUT2D eigenvalue weighted by Crippen LogP contribution is -2.24. The molecule has 6 heteroatoms. The molecule has 0 aromatic carbocycles. The summed E-state index contributed by atoms with van der Waals surface area (Å²) in [4.78, 5) is 12.6. The molecule has 0 aliphatic carbocycles. The molecule has 0 saturated heterocycles. The van der Waals surface area contributed by atoms with Crippen LogP contribution in [0.15, 0.2) is 12.1 Å². The van der Waals surface area contributed by atoms with Gasteiger partial charge in [0.2, 0.25) is 0 Å². The van der Waals surface area contributed by atoms with Crippen molar-refractivity contribution in [2.45, 2.75) is 26.8 Å². The number of nitrogens with zero attached hydrogens (tertiary/aromatic N) is 3. The van der Waals surface area contributed by atoms with Crippen LogP contribution in [0.4, 0.5) is 0 Å². The van der Waals surface area contributed by atoms with Crippen molar-refractivity contribution in [2.75, 3.05) is 0 Å². The molecule has 0 aliphatic heterocycles. The van der Waals surface area contributed by atoms with E-state index >= 15 is 0 Å². The van der Waals surface area contributed by atoms with Crippen LogP contribution >= 0.6 is 11.5 Å². The maximum atomic E-state index is 12.0. The summed E-state index contributed by atoms with van der Waals surface area (Å²) in [5.74, 6) is -0.0966. The van der Waals surface area contributed by atoms with Gasteiger partial charge in [0.05, 0.1) is 12.2 Å². The average molecular weight is 264 g/mol. The number of hydrogen-bond donors (Lipinski definition) is 1. The SMILES string of the molecule is CCc1nnsc1C(=O)NCc1ccc(C)n1C. The van der Waals surface area contributed by atoms with Crippen molar-refractivity contribution in [1.29, 1.82) is 0 Å². The lowest BCUT2D eigenvalue weighted by molar-refractivity contribution is 0.0953. The largest absolute Gasteiger partial charge is 0.350 e. The monoisotopic (exact) mass is 264 g/mol. The van der Waals surface area contributed by atoms with Crippen molar-refractivity contribution in [3.05, 3.63) is 34.1 Å². The molecule has 96 valence electrons. The molecule has 2 heterocycles. The van der Waals surface area contributed by atoms with Crippen LogP contribution in [0.2, 0.25) is 0 Å². The first-order valence-corrected chi connectivity index (χ1v) is 6.61. The molecule has 0 saturated carbocycles. The normalized spacial score (nSPS) is 10.6. The van der Waals surface area contributed by atoms with Crippen molar-refractivity contribution in [3.8, 4) is 0 Å². The molecule has 0 aliphatic rings. The average Bonchev–Trinajstić information content (AvgIpc) is 2.96. The lowest BCUT2D eigenvalue weighted by Gasteiger charge is -2.06. The Morgan fingerprint density at radius 1 is 1.50 bits per heavy atom. The Labute approximate surface area is 110 Å². The summed E-state index contributed by atoms with van der Waals surface area (Å²) >= 11 is 1.15. The van der Waals surface area contributed by atoms with E-state index in [1.165, 1.54) is 5.69 Å². The Bertz CT molecular complexity index is 558. The number of aryl methyl sites for hydroxylation is 2. The van der Waals surface area contributed by atoms with E-state index in [-0.39, 0.29) is 5.91 Å². The number of rotatable bonds is 4. The summed E-state index contributed by atoms with van der Waals surface area (Å²) in [5, 5.41) is 6.84. The molecular weight excluding hydrogens is 248 g/mol. The summed E-state index contributed by atoms with van der Waals surface area (Å²) in [6, 6.07) is 4.05. The first-order chi connectivity index (χ1) is 8.63. The highest BCUT2D eigenvalue weighted by atomic mass is 32.1. The molecule has 0 fully saturated rings. The van der Waals surface area contributed by atoms with E-state index in [4.69, 9.17) is 0 Å². The molecule has 1 amide bonds. The van der Waals surface area contributed by atoms with Crippen LogP contribution in [0.3, 0.4) is 0 Å². The fourth-order valence-corrected chi connectivity index (χ4v) is 2.37. The number of hydrogen-bond acceptors (Lipinski definition) is 4. The zero-order valence-corrected chi connectivity index (χ0v) is 11.5. The maximum Gasteiger partial charge on any atom is 0.265 e. The van der Waals surface area contributed by atoms with Gasteiger partial charge in [-0.3, -0.25) is 4.79 Å². The second kappa shape index (κ2) is 5.30. The van der Waals surface area contributed by atoms with Gasteiger partial charge < -0.3 is 9.88 Å². The van der Waals surface area contributed by atoms with E-state index < -0.39 is 0 Å². The summed E-state index contributed by atoms with van der Waals surface area (Å²) < 4.78 is 5.88. The molecule has 2 aromatic heterocycles. The Morgan fingerprint density at radius 3 is 2.89 bits per heavy atom. The zero-order valence-electron chi connectivity index (χ0n) is 10.7. The Hall–Kier alpha value is -1.69. The van der Waals surface area contributed by atoms with Gasteiger partial charge in [0, 0.05) is 18.4 Å². The van der Waals surface area contributed by atoms with E-state index in [1.807, 2.05) is 33.0 Å². The van der Waals surface area contributed by atoms with Crippen LogP contribution in [-0.2, 0) is 20.0 Å². The van der Waals surface area contributed by atoms with Gasteiger partial charge in [-0.1, -0.05) is 11.4 Å². The van der Waals surface area contributed by atoms with Crippen LogP contribution in [0.1, 0.15) is 33.7 Å². The predicted octanol–water partition coefficient (Wildman–Crippen LogP) is 1.68. The summed E-state index contributed by atoms with van der Waals surface area (Å²) in [6.07, 6.45) is 0.725. The van der Waals surface area contributed by atoms with Gasteiger partial charge in [-0.15, -0.1) is 5.10 Å². The number of aromatic nitrogens is 3. The number of carbonyl (C=O) groups excluding carboxylic acids is 1. The van der Waals surface area contributed by atoms with Crippen molar-refractivity contribution in [2.24, 2.45) is 7.05 Å². The third-order valence-electron chi connectivity index (χ3n) is 3.00. The second-order valence-corrected chi connectivity index (χ2v) is 4.86. The molecule has 2 aromatic rings. The molecule has 18 heavy (non-hydrogen) atoms. The molecule has 0 radical (unpaired) electrons. The molecule has 2 rings (SSSR count). The summed E-state index contributed by atoms with van der Waals surface area (Å²) in [5.41, 5.74) is 3.02. The van der Waals surface area contributed by atoms with Crippen LogP contribution in [0.25, 0.3) is 0 Å². The van der Waals surface area contributed by atoms with Crippen molar-refractivity contribution < 1.29 is 4.79 Å². The highest BCUT2D eigenvalue weighted by molar-refractivity contribution is 7.08. The quantitative estimate of drug-likeness (QED) is 0.914. The molecule has 0 spiro atoms. The highest BCUT2D eigenvalue weighted by Gasteiger charge is 2.14. The highest BCUT2D eigenvalue weighted by Crippen LogP contribution is 2.11. The summed E-state index contributed by atoms with van der Waals surface area (Å²) in [6.45, 7) is 4.52. The Morgan fingerprint density at radius 2 is 2.28 bits per heavy atom. The van der Waals surface area contributed by atoms with E-state index in [0.29, 0.717) is 11.4 Å². The van der Waals surface area contributed by atoms with Crippen LogP contribution < -0.4 is 5.32 Å². The minimum atomic E-state index is -0.0966. The Balaban J connectivity index is 2.03. The zero-order chi connectivity index (χ0) is 13.1. The van der Waals surface area contributed by atoms with Crippen LogP contribution in [0.5, 0.6) is 0 Å². The number of amides is 1. The van der Waals surface area contributed by atoms with Crippen molar-refractivity contribution >= 4 is 17.4 Å². The van der Waals surface area contributed by atoms with Gasteiger partial charge in [0.25, 0.3) is 5.91 Å². The van der Waals surface area contributed by atoms with Gasteiger partial charge in [0.15, 0.2) is 0 Å². The van der Waals surface area contributed by atoms with Gasteiger partial charge in [0.1, 0.15) is 4.88 Å². The minimum absolute atomic E-state index is 0.0966. The first-order valence-electron chi connectivity index (χ1n) is 5.84. The van der Waals surface area contributed by atoms with E-state index in [0.717, 1.165) is 29.3 Å². The minimum Gasteiger partial charge on any atom is -0.350 e. The lowest BCUT2D eigenvalue weighted by atomic mass is 10.3. The topological polar surface area (TPSA) is 59.8 Å². The number of nitrogens with one attached hydrogen (secondary N) is 1. The third kappa shape index (κ3) is 2.43. The Kier molecular flexibility index (Phi) is 3.76. The maximum absolute atomic E-state index is 12.0. The smallest absolute Gasteiger partial charge is 0.265 e. The van der Waals surface area contributed by atoms with Crippen LogP contribution in [0, 0.1) is 6.92 Å². The fourth-order valence-electron chi connectivity index (χ4n) is 1.71. The van der Waals surface area contributed by atoms with Crippen molar-refractivity contribution in [3.63, 3.8) is 0 Å². The van der Waals surface area contributed by atoms with Crippen molar-refractivity contribution in [1.82, 2.24) is 19.5 Å². The van der Waals surface area contributed by atoms with E-state index in [1.54, 1.807) is 0 Å². The molecular formula is C12H16N4OS. The molecule has 0 atom stereocenters. The van der Waals surface area contributed by atoms with E-state index in [9.17, 15) is 4.79 Å². The van der Waals surface area contributed by atoms with Gasteiger partial charge in [-0.05, 0) is 37.0 Å². The standard InChI is InChI=1S/C12H16N4OS/c1-4-10-11(18-15-14-10)12(17)13-7-9-6-5-8(2)16(9)3/h5-6H,4,7H2,1-3H3,(H,13,17). The molecule has 0 unspecified atom stereocenters. The molecule has 1 N–H and O–H groups in total. The second-order valence-electron chi connectivity index (χ2n) is 4.11. The van der Waals surface area contributed by atoms with E-state index in [2.05, 4.69) is 19.5 Å².